The Kier molecular flexibility index (Phi) is 4.31. The van der Waals surface area contributed by atoms with Crippen LogP contribution in [-0.2, 0) is 0 Å². The highest BCUT2D eigenvalue weighted by atomic mass is 79.9. The van der Waals surface area contributed by atoms with Crippen LogP contribution in [0, 0.1) is 6.92 Å². The fourth-order valence-corrected chi connectivity index (χ4v) is 2.65. The Labute approximate surface area is 121 Å². The molecule has 2 aromatic carbocycles. The van der Waals surface area contributed by atoms with Gasteiger partial charge < -0.3 is 4.74 Å². The van der Waals surface area contributed by atoms with Crippen molar-refractivity contribution in [2.75, 3.05) is 7.11 Å². The first kappa shape index (κ1) is 13.4. The zero-order valence-electron chi connectivity index (χ0n) is 10.3. The second-order valence-corrected chi connectivity index (χ2v) is 5.51. The quantitative estimate of drug-likeness (QED) is 0.710. The van der Waals surface area contributed by atoms with Crippen LogP contribution in [0.15, 0.2) is 42.5 Å². The van der Waals surface area contributed by atoms with Crippen LogP contribution < -0.4 is 4.74 Å². The van der Waals surface area contributed by atoms with E-state index >= 15 is 0 Å². The maximum absolute atomic E-state index is 5.91. The molecule has 0 aliphatic rings. The molecule has 94 valence electrons. The number of benzene rings is 2. The van der Waals surface area contributed by atoms with Gasteiger partial charge in [-0.15, -0.1) is 0 Å². The third-order valence-electron chi connectivity index (χ3n) is 2.82. The van der Waals surface area contributed by atoms with Crippen LogP contribution in [0.25, 0.3) is 0 Å². The maximum Gasteiger partial charge on any atom is 0.123 e. The van der Waals surface area contributed by atoms with E-state index in [-0.39, 0.29) is 4.83 Å². The Morgan fingerprint density at radius 3 is 2.39 bits per heavy atom. The average molecular weight is 326 g/mol. The van der Waals surface area contributed by atoms with Crippen molar-refractivity contribution in [2.24, 2.45) is 0 Å². The third-order valence-corrected chi connectivity index (χ3v) is 4.09. The lowest BCUT2D eigenvalue weighted by molar-refractivity contribution is 0.410. The van der Waals surface area contributed by atoms with Gasteiger partial charge >= 0.3 is 0 Å². The summed E-state index contributed by atoms with van der Waals surface area (Å²) in [7, 11) is 1.69. The van der Waals surface area contributed by atoms with Crippen LogP contribution in [0.2, 0.25) is 5.02 Å². The van der Waals surface area contributed by atoms with Gasteiger partial charge in [-0.3, -0.25) is 0 Å². The monoisotopic (exact) mass is 324 g/mol. The van der Waals surface area contributed by atoms with E-state index in [9.17, 15) is 0 Å². The molecule has 2 aromatic rings. The summed E-state index contributed by atoms with van der Waals surface area (Å²) in [6.45, 7) is 2.07. The van der Waals surface area contributed by atoms with Gasteiger partial charge in [0.15, 0.2) is 0 Å². The Balaban J connectivity index is 2.41. The summed E-state index contributed by atoms with van der Waals surface area (Å²) in [6.07, 6.45) is 0. The van der Waals surface area contributed by atoms with E-state index in [2.05, 4.69) is 28.9 Å². The smallest absolute Gasteiger partial charge is 0.123 e. The van der Waals surface area contributed by atoms with Gasteiger partial charge in [-0.05, 0) is 30.7 Å². The highest BCUT2D eigenvalue weighted by Gasteiger charge is 2.15. The first-order chi connectivity index (χ1) is 8.61. The molecule has 18 heavy (non-hydrogen) atoms. The number of aryl methyl sites for hydroxylation is 1. The Morgan fingerprint density at radius 2 is 1.78 bits per heavy atom. The summed E-state index contributed by atoms with van der Waals surface area (Å²) in [5.41, 5.74) is 3.49. The van der Waals surface area contributed by atoms with Crippen molar-refractivity contribution in [3.63, 3.8) is 0 Å². The van der Waals surface area contributed by atoms with E-state index in [0.717, 1.165) is 21.9 Å². The first-order valence-corrected chi connectivity index (χ1v) is 6.95. The predicted octanol–water partition coefficient (Wildman–Crippen LogP) is 5.14. The molecule has 2 rings (SSSR count). The Bertz CT molecular complexity index is 537. The molecule has 0 bridgehead atoms. The molecule has 3 heteroatoms. The lowest BCUT2D eigenvalue weighted by Gasteiger charge is -2.15. The fourth-order valence-electron chi connectivity index (χ4n) is 1.86. The number of hydrogen-bond acceptors (Lipinski definition) is 1. The summed E-state index contributed by atoms with van der Waals surface area (Å²) in [4.78, 5) is 0.101. The number of halogens is 2. The normalized spacial score (nSPS) is 12.2. The molecule has 1 nitrogen and oxygen atoms in total. The van der Waals surface area contributed by atoms with E-state index in [1.807, 2.05) is 36.4 Å². The second-order valence-electron chi connectivity index (χ2n) is 4.16. The lowest BCUT2D eigenvalue weighted by atomic mass is 10.0. The van der Waals surface area contributed by atoms with E-state index in [4.69, 9.17) is 16.3 Å². The molecule has 0 radical (unpaired) electrons. The number of alkyl halides is 1. The van der Waals surface area contributed by atoms with Gasteiger partial charge in [0, 0.05) is 10.6 Å². The number of rotatable bonds is 3. The van der Waals surface area contributed by atoms with Crippen molar-refractivity contribution in [1.29, 1.82) is 0 Å². The van der Waals surface area contributed by atoms with Crippen molar-refractivity contribution < 1.29 is 4.74 Å². The first-order valence-electron chi connectivity index (χ1n) is 5.66. The summed E-state index contributed by atoms with van der Waals surface area (Å²) >= 11 is 9.63. The highest BCUT2D eigenvalue weighted by Crippen LogP contribution is 2.37. The lowest BCUT2D eigenvalue weighted by Crippen LogP contribution is -1.97. The van der Waals surface area contributed by atoms with Crippen molar-refractivity contribution >= 4 is 27.5 Å². The SMILES string of the molecule is COc1ccc(C)cc1C(Br)c1ccc(Cl)cc1. The van der Waals surface area contributed by atoms with E-state index in [0.29, 0.717) is 0 Å². The molecule has 0 saturated carbocycles. The van der Waals surface area contributed by atoms with Crippen LogP contribution in [0.4, 0.5) is 0 Å². The van der Waals surface area contributed by atoms with Gasteiger partial charge in [-0.2, -0.15) is 0 Å². The Morgan fingerprint density at radius 1 is 1.11 bits per heavy atom. The Hall–Kier alpha value is -0.990. The summed E-state index contributed by atoms with van der Waals surface area (Å²) in [5, 5.41) is 0.745. The van der Waals surface area contributed by atoms with E-state index in [1.54, 1.807) is 7.11 Å². The minimum absolute atomic E-state index is 0.101. The molecule has 0 aliphatic heterocycles. The molecule has 0 amide bonds. The molecule has 0 fully saturated rings. The molecular formula is C15H14BrClO. The number of hydrogen-bond donors (Lipinski definition) is 0. The predicted molar refractivity (Wildman–Crippen MR) is 80.0 cm³/mol. The fraction of sp³-hybridized carbons (Fsp3) is 0.200. The third kappa shape index (κ3) is 2.88. The summed E-state index contributed by atoms with van der Waals surface area (Å²) in [6, 6.07) is 14.0. The van der Waals surface area contributed by atoms with Crippen LogP contribution in [0.1, 0.15) is 21.5 Å². The molecule has 0 N–H and O–H groups in total. The number of ether oxygens (including phenoxy) is 1. The van der Waals surface area contributed by atoms with Crippen molar-refractivity contribution in [1.82, 2.24) is 0 Å². The minimum atomic E-state index is 0.101. The van der Waals surface area contributed by atoms with Gasteiger partial charge in [-0.1, -0.05) is 57.4 Å². The average Bonchev–Trinajstić information content (AvgIpc) is 2.39. The molecule has 1 atom stereocenters. The second kappa shape index (κ2) is 5.77. The zero-order chi connectivity index (χ0) is 13.1. The van der Waals surface area contributed by atoms with Crippen molar-refractivity contribution in [2.45, 2.75) is 11.8 Å². The summed E-state index contributed by atoms with van der Waals surface area (Å²) in [5.74, 6) is 0.887. The molecule has 0 aliphatic carbocycles. The maximum atomic E-state index is 5.91. The van der Waals surface area contributed by atoms with E-state index < -0.39 is 0 Å². The molecule has 0 aromatic heterocycles. The molecular weight excluding hydrogens is 312 g/mol. The van der Waals surface area contributed by atoms with Gasteiger partial charge in [0.25, 0.3) is 0 Å². The standard InChI is InChI=1S/C15H14BrClO/c1-10-3-8-14(18-2)13(9-10)15(16)11-4-6-12(17)7-5-11/h3-9,15H,1-2H3. The number of methoxy groups -OCH3 is 1. The molecule has 0 saturated heterocycles. The van der Waals surface area contributed by atoms with Crippen LogP contribution in [0.5, 0.6) is 5.75 Å². The van der Waals surface area contributed by atoms with E-state index in [1.165, 1.54) is 5.56 Å². The van der Waals surface area contributed by atoms with Crippen molar-refractivity contribution in [3.8, 4) is 5.75 Å². The van der Waals surface area contributed by atoms with Gasteiger partial charge in [0.1, 0.15) is 5.75 Å². The molecule has 0 spiro atoms. The largest absolute Gasteiger partial charge is 0.496 e. The zero-order valence-corrected chi connectivity index (χ0v) is 12.6. The highest BCUT2D eigenvalue weighted by molar-refractivity contribution is 9.09. The van der Waals surface area contributed by atoms with Crippen LogP contribution in [0.3, 0.4) is 0 Å². The van der Waals surface area contributed by atoms with Gasteiger partial charge in [-0.25, -0.2) is 0 Å². The van der Waals surface area contributed by atoms with Gasteiger partial charge in [0.2, 0.25) is 0 Å². The van der Waals surface area contributed by atoms with Crippen LogP contribution in [-0.4, -0.2) is 7.11 Å². The molecule has 1 unspecified atom stereocenters. The minimum Gasteiger partial charge on any atom is -0.496 e. The topological polar surface area (TPSA) is 9.23 Å². The molecule has 0 heterocycles. The summed E-state index contributed by atoms with van der Waals surface area (Å²) < 4.78 is 5.41. The van der Waals surface area contributed by atoms with Crippen molar-refractivity contribution in [3.05, 3.63) is 64.2 Å². The van der Waals surface area contributed by atoms with Gasteiger partial charge in [0.05, 0.1) is 11.9 Å². The van der Waals surface area contributed by atoms with Crippen LogP contribution >= 0.6 is 27.5 Å².